The van der Waals surface area contributed by atoms with Gasteiger partial charge in [0.15, 0.2) is 0 Å². The number of benzene rings is 2. The molecule has 2 amide bonds. The molecular weight excluding hydrogens is 506 g/mol. The highest BCUT2D eigenvalue weighted by Gasteiger charge is 2.21. The summed E-state index contributed by atoms with van der Waals surface area (Å²) in [4.78, 5) is 18.7. The molecule has 0 radical (unpaired) electrons. The molecule has 3 aromatic rings. The Morgan fingerprint density at radius 1 is 1.05 bits per heavy atom. The lowest BCUT2D eigenvalue weighted by atomic mass is 10.1. The number of aromatic nitrogens is 2. The maximum absolute atomic E-state index is 12.5. The van der Waals surface area contributed by atoms with Crippen LogP contribution in [0.25, 0.3) is 23.1 Å². The van der Waals surface area contributed by atoms with Crippen LogP contribution in [-0.2, 0) is 14.8 Å². The fraction of sp³-hybridized carbons (Fsp3) is 0.385. The van der Waals surface area contributed by atoms with E-state index in [9.17, 15) is 13.2 Å². The van der Waals surface area contributed by atoms with E-state index in [1.807, 2.05) is 48.6 Å². The number of urea groups is 1. The van der Waals surface area contributed by atoms with E-state index in [0.29, 0.717) is 43.4 Å². The van der Waals surface area contributed by atoms with E-state index < -0.39 is 10.0 Å². The van der Waals surface area contributed by atoms with Crippen molar-refractivity contribution < 1.29 is 17.9 Å². The molecule has 202 valence electrons. The molecule has 2 aliphatic rings. The molecule has 2 saturated heterocycles. The van der Waals surface area contributed by atoms with Crippen LogP contribution in [0.2, 0.25) is 0 Å². The van der Waals surface area contributed by atoms with Crippen LogP contribution >= 0.6 is 0 Å². The quantitative estimate of drug-likeness (QED) is 0.440. The van der Waals surface area contributed by atoms with Crippen LogP contribution < -0.4 is 14.9 Å². The molecule has 2 fully saturated rings. The van der Waals surface area contributed by atoms with Gasteiger partial charge in [-0.05, 0) is 43.0 Å². The van der Waals surface area contributed by atoms with Crippen molar-refractivity contribution in [3.8, 4) is 0 Å². The van der Waals surface area contributed by atoms with E-state index in [1.165, 1.54) is 0 Å². The van der Waals surface area contributed by atoms with Crippen LogP contribution in [0.4, 0.5) is 21.9 Å². The number of hydrogen-bond donors (Lipinski definition) is 3. The Hall–Kier alpha value is -3.61. The average Bonchev–Trinajstić information content (AvgIpc) is 3.29. The van der Waals surface area contributed by atoms with Crippen LogP contribution in [0.15, 0.2) is 36.4 Å². The number of fused-ring (bicyclic) bond motifs is 1. The first-order valence-electron chi connectivity index (χ1n) is 12.6. The summed E-state index contributed by atoms with van der Waals surface area (Å²) in [6.07, 6.45) is 4.95. The third-order valence-electron chi connectivity index (χ3n) is 6.72. The molecule has 3 N–H and O–H groups in total. The van der Waals surface area contributed by atoms with E-state index in [-0.39, 0.29) is 6.03 Å². The zero-order chi connectivity index (χ0) is 26.7. The smallest absolute Gasteiger partial charge is 0.321 e. The lowest BCUT2D eigenvalue weighted by Gasteiger charge is -2.35. The number of sulfonamides is 1. The molecule has 0 unspecified atom stereocenters. The molecule has 2 aromatic carbocycles. The van der Waals surface area contributed by atoms with E-state index in [1.54, 1.807) is 4.90 Å². The van der Waals surface area contributed by atoms with Crippen molar-refractivity contribution in [1.29, 1.82) is 0 Å². The average molecular weight is 540 g/mol. The van der Waals surface area contributed by atoms with Crippen LogP contribution in [0.5, 0.6) is 0 Å². The van der Waals surface area contributed by atoms with Crippen LogP contribution in [0.3, 0.4) is 0 Å². The Morgan fingerprint density at radius 2 is 1.82 bits per heavy atom. The molecule has 0 atom stereocenters. The van der Waals surface area contributed by atoms with E-state index in [0.717, 1.165) is 54.6 Å². The lowest BCUT2D eigenvalue weighted by molar-refractivity contribution is 0.0564. The number of amides is 2. The molecular formula is C26H33N7O4S. The molecule has 5 rings (SSSR count). The number of piperazine rings is 1. The van der Waals surface area contributed by atoms with Crippen molar-refractivity contribution in [2.45, 2.75) is 0 Å². The highest BCUT2D eigenvalue weighted by molar-refractivity contribution is 7.92. The summed E-state index contributed by atoms with van der Waals surface area (Å²) in [5, 5.41) is 11.3. The number of hydrogen-bond acceptors (Lipinski definition) is 7. The van der Waals surface area contributed by atoms with Crippen molar-refractivity contribution in [1.82, 2.24) is 20.0 Å². The summed E-state index contributed by atoms with van der Waals surface area (Å²) in [5.74, 6) is 0. The van der Waals surface area contributed by atoms with Crippen molar-refractivity contribution in [3.63, 3.8) is 0 Å². The van der Waals surface area contributed by atoms with Crippen LogP contribution in [-0.4, -0.2) is 100 Å². The van der Waals surface area contributed by atoms with E-state index in [4.69, 9.17) is 4.74 Å². The minimum atomic E-state index is -3.47. The van der Waals surface area contributed by atoms with Gasteiger partial charge in [0.25, 0.3) is 0 Å². The summed E-state index contributed by atoms with van der Waals surface area (Å²) in [6, 6.07) is 11.2. The van der Waals surface area contributed by atoms with Crippen molar-refractivity contribution in [3.05, 3.63) is 47.7 Å². The minimum Gasteiger partial charge on any atom is -0.378 e. The van der Waals surface area contributed by atoms with Gasteiger partial charge in [-0.2, -0.15) is 5.10 Å². The highest BCUT2D eigenvalue weighted by Crippen LogP contribution is 2.34. The summed E-state index contributed by atoms with van der Waals surface area (Å²) in [6.45, 7) is 5.66. The van der Waals surface area contributed by atoms with Gasteiger partial charge in [0, 0.05) is 50.3 Å². The van der Waals surface area contributed by atoms with Crippen molar-refractivity contribution >= 4 is 56.2 Å². The van der Waals surface area contributed by atoms with Gasteiger partial charge in [-0.15, -0.1) is 0 Å². The predicted molar refractivity (Wildman–Crippen MR) is 151 cm³/mol. The normalized spacial score (nSPS) is 17.3. The largest absolute Gasteiger partial charge is 0.378 e. The van der Waals surface area contributed by atoms with Gasteiger partial charge in [0.1, 0.15) is 0 Å². The number of nitrogens with zero attached hydrogens (tertiary/aromatic N) is 4. The first-order valence-corrected chi connectivity index (χ1v) is 14.5. The Labute approximate surface area is 222 Å². The Balaban J connectivity index is 1.38. The summed E-state index contributed by atoms with van der Waals surface area (Å²) in [5.41, 5.74) is 4.47. The van der Waals surface area contributed by atoms with Gasteiger partial charge >= 0.3 is 6.03 Å². The highest BCUT2D eigenvalue weighted by atomic mass is 32.2. The van der Waals surface area contributed by atoms with Gasteiger partial charge < -0.3 is 24.8 Å². The molecule has 38 heavy (non-hydrogen) atoms. The van der Waals surface area contributed by atoms with Crippen molar-refractivity contribution in [2.75, 3.05) is 80.7 Å². The zero-order valence-electron chi connectivity index (χ0n) is 21.6. The summed E-state index contributed by atoms with van der Waals surface area (Å²) >= 11 is 0. The second-order valence-corrected chi connectivity index (χ2v) is 11.4. The number of rotatable bonds is 6. The number of aromatic amines is 1. The Bertz CT molecular complexity index is 1440. The standard InChI is InChI=1S/C26H33N7O4S/c1-31-8-10-32(11-9-31)25-18-23-21(17-24(25)30-38(2,35)36)22(28-29-23)7-6-19-4-3-5-20(16-19)27-26(34)33-12-14-37-15-13-33/h3-7,16-18,30H,8-15H2,1-2H3,(H,27,34)(H,28,29)/b7-6+. The molecule has 0 bridgehead atoms. The first-order chi connectivity index (χ1) is 18.2. The van der Waals surface area contributed by atoms with E-state index in [2.05, 4.69) is 37.1 Å². The molecule has 3 heterocycles. The molecule has 12 heteroatoms. The molecule has 0 spiro atoms. The second kappa shape index (κ2) is 11.0. The Kier molecular flexibility index (Phi) is 7.54. The number of H-pyrrole nitrogens is 1. The molecule has 0 saturated carbocycles. The van der Waals surface area contributed by atoms with Gasteiger partial charge in [0.2, 0.25) is 10.0 Å². The molecule has 0 aliphatic carbocycles. The number of anilines is 3. The number of morpholine rings is 1. The topological polar surface area (TPSA) is 123 Å². The van der Waals surface area contributed by atoms with Crippen molar-refractivity contribution in [2.24, 2.45) is 0 Å². The maximum atomic E-state index is 12.5. The SMILES string of the molecule is CN1CCN(c2cc3[nH]nc(/C=C/c4cccc(NC(=O)N5CCOCC5)c4)c3cc2NS(C)(=O)=O)CC1. The number of ether oxygens (including phenoxy) is 1. The summed E-state index contributed by atoms with van der Waals surface area (Å²) < 4.78 is 32.3. The third-order valence-corrected chi connectivity index (χ3v) is 7.31. The van der Waals surface area contributed by atoms with Gasteiger partial charge in [-0.3, -0.25) is 9.82 Å². The monoisotopic (exact) mass is 539 g/mol. The van der Waals surface area contributed by atoms with Crippen LogP contribution in [0, 0.1) is 0 Å². The van der Waals surface area contributed by atoms with E-state index >= 15 is 0 Å². The third kappa shape index (κ3) is 6.26. The fourth-order valence-corrected chi connectivity index (χ4v) is 5.22. The molecule has 2 aliphatic heterocycles. The maximum Gasteiger partial charge on any atom is 0.321 e. The zero-order valence-corrected chi connectivity index (χ0v) is 22.4. The van der Waals surface area contributed by atoms with Gasteiger partial charge in [0.05, 0.1) is 42.1 Å². The molecule has 11 nitrogen and oxygen atoms in total. The summed E-state index contributed by atoms with van der Waals surface area (Å²) in [7, 11) is -1.39. The number of carbonyl (C=O) groups excluding carboxylic acids is 1. The Morgan fingerprint density at radius 3 is 2.55 bits per heavy atom. The van der Waals surface area contributed by atoms with Gasteiger partial charge in [-0.1, -0.05) is 18.2 Å². The predicted octanol–water partition coefficient (Wildman–Crippen LogP) is 2.72. The lowest BCUT2D eigenvalue weighted by Crippen LogP contribution is -2.44. The first kappa shape index (κ1) is 26.0. The van der Waals surface area contributed by atoms with Gasteiger partial charge in [-0.25, -0.2) is 13.2 Å². The second-order valence-electron chi connectivity index (χ2n) is 9.68. The molecule has 1 aromatic heterocycles. The fourth-order valence-electron chi connectivity index (χ4n) is 4.66. The minimum absolute atomic E-state index is 0.144. The number of likely N-dealkylation sites (N-methyl/N-ethyl adjacent to an activating group) is 1. The number of nitrogens with one attached hydrogen (secondary N) is 3. The van der Waals surface area contributed by atoms with Crippen LogP contribution in [0.1, 0.15) is 11.3 Å². The number of carbonyl (C=O) groups is 1.